The molecule has 3 rings (SSSR count). The first-order chi connectivity index (χ1) is 10.6. The zero-order valence-electron chi connectivity index (χ0n) is 12.9. The third-order valence-corrected chi connectivity index (χ3v) is 3.90. The maximum Gasteiger partial charge on any atom is 0.216 e. The number of nitrogens with one attached hydrogen (secondary N) is 2. The Balaban J connectivity index is 2.04. The highest BCUT2D eigenvalue weighted by Crippen LogP contribution is 2.30. The second-order valence-electron chi connectivity index (χ2n) is 5.62. The lowest BCUT2D eigenvalue weighted by molar-refractivity contribution is -0.118. The van der Waals surface area contributed by atoms with E-state index in [-0.39, 0.29) is 5.91 Å². The van der Waals surface area contributed by atoms with Crippen LogP contribution < -0.4 is 5.32 Å². The van der Waals surface area contributed by atoms with Gasteiger partial charge in [-0.1, -0.05) is 48.0 Å². The molecule has 1 aromatic heterocycles. The average Bonchev–Trinajstić information content (AvgIpc) is 2.87. The molecule has 2 aromatic carbocycles. The average molecular weight is 292 g/mol. The van der Waals surface area contributed by atoms with Gasteiger partial charge in [0, 0.05) is 30.1 Å². The Bertz CT molecular complexity index is 800. The Hall–Kier alpha value is -2.55. The van der Waals surface area contributed by atoms with Crippen molar-refractivity contribution in [3.05, 3.63) is 59.7 Å². The minimum atomic E-state index is 0.0109. The van der Waals surface area contributed by atoms with Crippen LogP contribution in [0.4, 0.5) is 0 Å². The largest absolute Gasteiger partial charge is 0.356 e. The summed E-state index contributed by atoms with van der Waals surface area (Å²) >= 11 is 0. The number of H-pyrrole nitrogens is 1. The van der Waals surface area contributed by atoms with E-state index in [1.54, 1.807) is 6.92 Å². The van der Waals surface area contributed by atoms with Crippen LogP contribution in [0.25, 0.3) is 22.2 Å². The van der Waals surface area contributed by atoms with E-state index in [1.807, 2.05) is 6.07 Å². The predicted molar refractivity (Wildman–Crippen MR) is 90.9 cm³/mol. The quantitative estimate of drug-likeness (QED) is 0.754. The smallest absolute Gasteiger partial charge is 0.216 e. The second kappa shape index (κ2) is 6.06. The lowest BCUT2D eigenvalue weighted by Crippen LogP contribution is -2.22. The Morgan fingerprint density at radius 1 is 1.09 bits per heavy atom. The summed E-state index contributed by atoms with van der Waals surface area (Å²) in [5.41, 5.74) is 5.97. The maximum absolute atomic E-state index is 11.1. The first-order valence-corrected chi connectivity index (χ1v) is 7.56. The lowest BCUT2D eigenvalue weighted by Gasteiger charge is -2.06. The summed E-state index contributed by atoms with van der Waals surface area (Å²) in [6, 6.07) is 16.8. The minimum absolute atomic E-state index is 0.0109. The Labute approximate surface area is 130 Å². The number of amides is 1. The molecule has 3 nitrogen and oxygen atoms in total. The highest BCUT2D eigenvalue weighted by molar-refractivity contribution is 5.90. The zero-order chi connectivity index (χ0) is 15.5. The molecule has 0 spiro atoms. The van der Waals surface area contributed by atoms with Crippen LogP contribution in [0.5, 0.6) is 0 Å². The molecule has 0 radical (unpaired) electrons. The number of hydrogen-bond donors (Lipinski definition) is 2. The third-order valence-electron chi connectivity index (χ3n) is 3.90. The molecule has 0 saturated heterocycles. The van der Waals surface area contributed by atoms with Crippen LogP contribution in [0.1, 0.15) is 18.1 Å². The van der Waals surface area contributed by atoms with E-state index in [0.717, 1.165) is 17.6 Å². The summed E-state index contributed by atoms with van der Waals surface area (Å²) in [4.78, 5) is 14.6. The van der Waals surface area contributed by atoms with Crippen molar-refractivity contribution in [1.82, 2.24) is 10.3 Å². The van der Waals surface area contributed by atoms with Crippen molar-refractivity contribution < 1.29 is 4.79 Å². The summed E-state index contributed by atoms with van der Waals surface area (Å²) < 4.78 is 0. The van der Waals surface area contributed by atoms with E-state index in [9.17, 15) is 4.79 Å². The van der Waals surface area contributed by atoms with Gasteiger partial charge in [-0.05, 0) is 30.5 Å². The molecule has 22 heavy (non-hydrogen) atoms. The fourth-order valence-electron chi connectivity index (χ4n) is 2.79. The highest BCUT2D eigenvalue weighted by Gasteiger charge is 2.12. The topological polar surface area (TPSA) is 44.9 Å². The van der Waals surface area contributed by atoms with E-state index in [0.29, 0.717) is 6.54 Å². The summed E-state index contributed by atoms with van der Waals surface area (Å²) in [6.07, 6.45) is 0.812. The Morgan fingerprint density at radius 2 is 1.82 bits per heavy atom. The Kier molecular flexibility index (Phi) is 3.96. The van der Waals surface area contributed by atoms with Gasteiger partial charge in [0.15, 0.2) is 0 Å². The molecule has 3 heteroatoms. The number of fused-ring (bicyclic) bond motifs is 1. The van der Waals surface area contributed by atoms with Crippen molar-refractivity contribution >= 4 is 16.8 Å². The molecule has 0 unspecified atom stereocenters. The number of aromatic nitrogens is 1. The van der Waals surface area contributed by atoms with Crippen molar-refractivity contribution in [3.8, 4) is 11.3 Å². The van der Waals surface area contributed by atoms with Crippen LogP contribution >= 0.6 is 0 Å². The third kappa shape index (κ3) is 2.89. The number of rotatable bonds is 4. The van der Waals surface area contributed by atoms with Gasteiger partial charge in [-0.15, -0.1) is 0 Å². The van der Waals surface area contributed by atoms with Gasteiger partial charge in [0.2, 0.25) is 5.91 Å². The first-order valence-electron chi connectivity index (χ1n) is 7.56. The number of aryl methyl sites for hydroxylation is 1. The minimum Gasteiger partial charge on any atom is -0.356 e. The van der Waals surface area contributed by atoms with Crippen LogP contribution in [0.2, 0.25) is 0 Å². The Morgan fingerprint density at radius 3 is 2.55 bits per heavy atom. The van der Waals surface area contributed by atoms with Crippen LogP contribution in [-0.2, 0) is 11.2 Å². The van der Waals surface area contributed by atoms with E-state index < -0.39 is 0 Å². The summed E-state index contributed by atoms with van der Waals surface area (Å²) in [5.74, 6) is 0.0109. The van der Waals surface area contributed by atoms with Crippen molar-refractivity contribution in [2.24, 2.45) is 0 Å². The van der Waals surface area contributed by atoms with Crippen LogP contribution in [0, 0.1) is 6.92 Å². The van der Waals surface area contributed by atoms with E-state index >= 15 is 0 Å². The molecular weight excluding hydrogens is 272 g/mol. The van der Waals surface area contributed by atoms with Gasteiger partial charge < -0.3 is 10.3 Å². The molecule has 0 aliphatic heterocycles. The first kappa shape index (κ1) is 14.4. The van der Waals surface area contributed by atoms with E-state index in [4.69, 9.17) is 0 Å². The molecule has 112 valence electrons. The van der Waals surface area contributed by atoms with Gasteiger partial charge in [-0.3, -0.25) is 4.79 Å². The SMILES string of the molecule is CC(=O)NCCc1c(-c2ccc(C)cc2)[nH]c2ccccc12. The van der Waals surface area contributed by atoms with Crippen LogP contribution in [-0.4, -0.2) is 17.4 Å². The molecule has 2 N–H and O–H groups in total. The zero-order valence-corrected chi connectivity index (χ0v) is 12.9. The molecule has 1 amide bonds. The fourth-order valence-corrected chi connectivity index (χ4v) is 2.79. The number of carbonyl (C=O) groups is 1. The van der Waals surface area contributed by atoms with Gasteiger partial charge in [0.1, 0.15) is 0 Å². The molecular formula is C19H20N2O. The number of para-hydroxylation sites is 1. The molecule has 1 heterocycles. The fraction of sp³-hybridized carbons (Fsp3) is 0.211. The van der Waals surface area contributed by atoms with Crippen molar-refractivity contribution in [1.29, 1.82) is 0 Å². The number of aromatic amines is 1. The van der Waals surface area contributed by atoms with Crippen LogP contribution in [0.15, 0.2) is 48.5 Å². The van der Waals surface area contributed by atoms with Gasteiger partial charge in [-0.25, -0.2) is 0 Å². The molecule has 0 bridgehead atoms. The molecule has 0 saturated carbocycles. The standard InChI is InChI=1S/C19H20N2O/c1-13-7-9-15(10-8-13)19-17(11-12-20-14(2)22)16-5-3-4-6-18(16)21-19/h3-10,21H,11-12H2,1-2H3,(H,20,22). The number of hydrogen-bond acceptors (Lipinski definition) is 1. The summed E-state index contributed by atoms with van der Waals surface area (Å²) in [7, 11) is 0. The van der Waals surface area contributed by atoms with Crippen LogP contribution in [0.3, 0.4) is 0 Å². The molecule has 0 fully saturated rings. The molecule has 0 aliphatic rings. The van der Waals surface area contributed by atoms with Crippen molar-refractivity contribution in [2.45, 2.75) is 20.3 Å². The van der Waals surface area contributed by atoms with E-state index in [2.05, 4.69) is 59.7 Å². The molecule has 3 aromatic rings. The monoisotopic (exact) mass is 292 g/mol. The predicted octanol–water partition coefficient (Wildman–Crippen LogP) is 3.82. The van der Waals surface area contributed by atoms with E-state index in [1.165, 1.54) is 22.1 Å². The van der Waals surface area contributed by atoms with Gasteiger partial charge in [-0.2, -0.15) is 0 Å². The number of benzene rings is 2. The maximum atomic E-state index is 11.1. The lowest BCUT2D eigenvalue weighted by atomic mass is 10.0. The number of carbonyl (C=O) groups excluding carboxylic acids is 1. The van der Waals surface area contributed by atoms with Gasteiger partial charge >= 0.3 is 0 Å². The van der Waals surface area contributed by atoms with Crippen molar-refractivity contribution in [3.63, 3.8) is 0 Å². The normalized spacial score (nSPS) is 10.8. The van der Waals surface area contributed by atoms with Gasteiger partial charge in [0.25, 0.3) is 0 Å². The molecule has 0 atom stereocenters. The summed E-state index contributed by atoms with van der Waals surface area (Å²) in [5, 5.41) is 4.11. The highest BCUT2D eigenvalue weighted by atomic mass is 16.1. The summed E-state index contributed by atoms with van der Waals surface area (Å²) in [6.45, 7) is 4.29. The van der Waals surface area contributed by atoms with Gasteiger partial charge in [0.05, 0.1) is 0 Å². The molecule has 0 aliphatic carbocycles. The second-order valence-corrected chi connectivity index (χ2v) is 5.62. The van der Waals surface area contributed by atoms with Crippen molar-refractivity contribution in [2.75, 3.05) is 6.54 Å².